The minimum absolute atomic E-state index is 0.149. The average Bonchev–Trinajstić information content (AvgIpc) is 2.75. The number of rotatable bonds is 1. The van der Waals surface area contributed by atoms with E-state index in [0.29, 0.717) is 5.56 Å². The van der Waals surface area contributed by atoms with Gasteiger partial charge in [0.2, 0.25) is 0 Å². The molecule has 0 spiro atoms. The molecule has 1 aromatic rings. The minimum atomic E-state index is -0.214. The number of benzene rings is 1. The van der Waals surface area contributed by atoms with Crippen LogP contribution in [0, 0.1) is 12.7 Å². The van der Waals surface area contributed by atoms with Gasteiger partial charge in [-0.15, -0.1) is 0 Å². The lowest BCUT2D eigenvalue weighted by Gasteiger charge is -2.09. The molecule has 0 radical (unpaired) electrons. The lowest BCUT2D eigenvalue weighted by atomic mass is 10.0. The van der Waals surface area contributed by atoms with E-state index in [-0.39, 0.29) is 11.4 Å². The van der Waals surface area contributed by atoms with Gasteiger partial charge < -0.3 is 5.73 Å². The molecule has 2 N–H and O–H groups in total. The molecule has 0 bridgehead atoms. The van der Waals surface area contributed by atoms with Crippen LogP contribution in [0.15, 0.2) is 18.2 Å². The van der Waals surface area contributed by atoms with Gasteiger partial charge in [0.05, 0.1) is 0 Å². The van der Waals surface area contributed by atoms with E-state index in [1.54, 1.807) is 19.1 Å². The van der Waals surface area contributed by atoms with Gasteiger partial charge in [-0.2, -0.15) is 0 Å². The predicted molar refractivity (Wildman–Crippen MR) is 46.2 cm³/mol. The maximum absolute atomic E-state index is 13.1. The SMILES string of the molecule is Cc1ccc(C2(N)CC2)cc1F. The molecule has 64 valence electrons. The average molecular weight is 165 g/mol. The first-order chi connectivity index (χ1) is 5.62. The fourth-order valence-corrected chi connectivity index (χ4v) is 1.33. The van der Waals surface area contributed by atoms with Crippen molar-refractivity contribution in [3.05, 3.63) is 35.1 Å². The quantitative estimate of drug-likeness (QED) is 0.677. The van der Waals surface area contributed by atoms with Crippen molar-refractivity contribution < 1.29 is 4.39 Å². The van der Waals surface area contributed by atoms with E-state index in [1.165, 1.54) is 0 Å². The zero-order valence-corrected chi connectivity index (χ0v) is 7.10. The van der Waals surface area contributed by atoms with Gasteiger partial charge in [0, 0.05) is 5.54 Å². The fraction of sp³-hybridized carbons (Fsp3) is 0.400. The summed E-state index contributed by atoms with van der Waals surface area (Å²) in [6.07, 6.45) is 1.96. The van der Waals surface area contributed by atoms with Gasteiger partial charge in [0.15, 0.2) is 0 Å². The van der Waals surface area contributed by atoms with Crippen molar-refractivity contribution >= 4 is 0 Å². The molecule has 12 heavy (non-hydrogen) atoms. The van der Waals surface area contributed by atoms with E-state index in [9.17, 15) is 4.39 Å². The Balaban J connectivity index is 2.41. The van der Waals surface area contributed by atoms with Gasteiger partial charge >= 0.3 is 0 Å². The predicted octanol–water partition coefficient (Wildman–Crippen LogP) is 2.08. The summed E-state index contributed by atoms with van der Waals surface area (Å²) in [6, 6.07) is 5.27. The van der Waals surface area contributed by atoms with Crippen LogP contribution in [0.3, 0.4) is 0 Å². The van der Waals surface area contributed by atoms with Gasteiger partial charge in [-0.1, -0.05) is 12.1 Å². The van der Waals surface area contributed by atoms with Crippen molar-refractivity contribution in [1.82, 2.24) is 0 Å². The third kappa shape index (κ3) is 1.12. The van der Waals surface area contributed by atoms with Crippen LogP contribution in [-0.4, -0.2) is 0 Å². The van der Waals surface area contributed by atoms with E-state index >= 15 is 0 Å². The van der Waals surface area contributed by atoms with Crippen LogP contribution in [0.1, 0.15) is 24.0 Å². The van der Waals surface area contributed by atoms with E-state index in [1.807, 2.05) is 6.07 Å². The molecular weight excluding hydrogens is 153 g/mol. The maximum atomic E-state index is 13.1. The van der Waals surface area contributed by atoms with Crippen LogP contribution in [0.2, 0.25) is 0 Å². The van der Waals surface area contributed by atoms with Gasteiger partial charge in [0.25, 0.3) is 0 Å². The third-order valence-corrected chi connectivity index (χ3v) is 2.54. The smallest absolute Gasteiger partial charge is 0.126 e. The highest BCUT2D eigenvalue weighted by molar-refractivity contribution is 5.32. The summed E-state index contributed by atoms with van der Waals surface area (Å²) in [5, 5.41) is 0. The number of hydrogen-bond acceptors (Lipinski definition) is 1. The van der Waals surface area contributed by atoms with Crippen LogP contribution in [-0.2, 0) is 5.54 Å². The molecule has 1 fully saturated rings. The standard InChI is InChI=1S/C10H12FN/c1-7-2-3-8(6-9(7)11)10(12)4-5-10/h2-3,6H,4-5,12H2,1H3. The Labute approximate surface area is 71.4 Å². The van der Waals surface area contributed by atoms with Crippen LogP contribution < -0.4 is 5.73 Å². The minimum Gasteiger partial charge on any atom is -0.321 e. The second-order valence-electron chi connectivity index (χ2n) is 3.62. The first-order valence-corrected chi connectivity index (χ1v) is 4.17. The van der Waals surface area contributed by atoms with Gasteiger partial charge in [-0.25, -0.2) is 4.39 Å². The third-order valence-electron chi connectivity index (χ3n) is 2.54. The van der Waals surface area contributed by atoms with E-state index < -0.39 is 0 Å². The largest absolute Gasteiger partial charge is 0.321 e. The summed E-state index contributed by atoms with van der Waals surface area (Å²) in [4.78, 5) is 0. The number of aryl methyl sites for hydroxylation is 1. The summed E-state index contributed by atoms with van der Waals surface area (Å²) in [5.41, 5.74) is 7.33. The van der Waals surface area contributed by atoms with Crippen LogP contribution >= 0.6 is 0 Å². The Morgan fingerprint density at radius 3 is 2.58 bits per heavy atom. The molecule has 1 saturated carbocycles. The maximum Gasteiger partial charge on any atom is 0.126 e. The highest BCUT2D eigenvalue weighted by Gasteiger charge is 2.40. The lowest BCUT2D eigenvalue weighted by Crippen LogP contribution is -2.18. The van der Waals surface area contributed by atoms with Crippen molar-refractivity contribution in [1.29, 1.82) is 0 Å². The molecule has 0 aromatic heterocycles. The molecule has 2 rings (SSSR count). The second kappa shape index (κ2) is 2.30. The normalized spacial score (nSPS) is 19.2. The Morgan fingerprint density at radius 2 is 2.08 bits per heavy atom. The Hall–Kier alpha value is -0.890. The summed E-state index contributed by atoms with van der Waals surface area (Å²) >= 11 is 0. The van der Waals surface area contributed by atoms with Crippen LogP contribution in [0.5, 0.6) is 0 Å². The van der Waals surface area contributed by atoms with Gasteiger partial charge in [-0.05, 0) is 37.0 Å². The molecule has 0 unspecified atom stereocenters. The van der Waals surface area contributed by atoms with E-state index in [4.69, 9.17) is 5.73 Å². The Bertz CT molecular complexity index is 316. The van der Waals surface area contributed by atoms with E-state index in [2.05, 4.69) is 0 Å². The highest BCUT2D eigenvalue weighted by Crippen LogP contribution is 2.42. The Morgan fingerprint density at radius 1 is 1.42 bits per heavy atom. The van der Waals surface area contributed by atoms with E-state index in [0.717, 1.165) is 18.4 Å². The molecule has 0 atom stereocenters. The molecule has 1 aromatic carbocycles. The van der Waals surface area contributed by atoms with Crippen molar-refractivity contribution in [2.45, 2.75) is 25.3 Å². The molecule has 1 aliphatic rings. The van der Waals surface area contributed by atoms with Crippen LogP contribution in [0.4, 0.5) is 4.39 Å². The molecule has 1 nitrogen and oxygen atoms in total. The first-order valence-electron chi connectivity index (χ1n) is 4.17. The van der Waals surface area contributed by atoms with Crippen molar-refractivity contribution in [2.24, 2.45) is 5.73 Å². The number of nitrogens with two attached hydrogens (primary N) is 1. The Kier molecular flexibility index (Phi) is 1.48. The van der Waals surface area contributed by atoms with Crippen molar-refractivity contribution in [2.75, 3.05) is 0 Å². The fourth-order valence-electron chi connectivity index (χ4n) is 1.33. The molecule has 0 saturated heterocycles. The van der Waals surface area contributed by atoms with Gasteiger partial charge in [-0.3, -0.25) is 0 Å². The number of hydrogen-bond donors (Lipinski definition) is 1. The molecular formula is C10H12FN. The summed E-state index contributed by atoms with van der Waals surface area (Å²) in [5.74, 6) is -0.149. The zero-order chi connectivity index (χ0) is 8.77. The van der Waals surface area contributed by atoms with Crippen LogP contribution in [0.25, 0.3) is 0 Å². The molecule has 0 amide bonds. The molecule has 0 aliphatic heterocycles. The highest BCUT2D eigenvalue weighted by atomic mass is 19.1. The van der Waals surface area contributed by atoms with Crippen molar-refractivity contribution in [3.8, 4) is 0 Å². The van der Waals surface area contributed by atoms with Gasteiger partial charge in [0.1, 0.15) is 5.82 Å². The topological polar surface area (TPSA) is 26.0 Å². The lowest BCUT2D eigenvalue weighted by molar-refractivity contribution is 0.609. The zero-order valence-electron chi connectivity index (χ0n) is 7.10. The molecule has 0 heterocycles. The summed E-state index contributed by atoms with van der Waals surface area (Å²) < 4.78 is 13.1. The molecule has 2 heteroatoms. The van der Waals surface area contributed by atoms with Crippen molar-refractivity contribution in [3.63, 3.8) is 0 Å². The summed E-state index contributed by atoms with van der Waals surface area (Å²) in [6.45, 7) is 1.76. The second-order valence-corrected chi connectivity index (χ2v) is 3.62. The summed E-state index contributed by atoms with van der Waals surface area (Å²) in [7, 11) is 0. The monoisotopic (exact) mass is 165 g/mol. The number of halogens is 1. The first kappa shape index (κ1) is 7.74. The molecule has 1 aliphatic carbocycles.